The van der Waals surface area contributed by atoms with E-state index in [0.29, 0.717) is 23.0 Å². The van der Waals surface area contributed by atoms with Gasteiger partial charge in [0.2, 0.25) is 5.91 Å². The number of carbonyl (C=O) groups is 2. The second kappa shape index (κ2) is 9.88. The van der Waals surface area contributed by atoms with Gasteiger partial charge < -0.3 is 10.6 Å². The Bertz CT molecular complexity index is 955. The third-order valence-electron chi connectivity index (χ3n) is 4.22. The standard InChI is InChI=1S/C21H23N5O2S/c1-14(2)19(27)25-17-9-7-15(8-10-17)11-22-20(28)18-6-4-3-5-16(18)12-29-21-23-13-24-26-21/h3-10,13-14H,11-12H2,1-2H3,(H,22,28)(H,25,27)(H,23,24,26). The predicted octanol–water partition coefficient (Wildman–Crippen LogP) is 3.62. The van der Waals surface area contributed by atoms with Crippen molar-refractivity contribution in [3.8, 4) is 0 Å². The molecule has 2 aromatic carbocycles. The lowest BCUT2D eigenvalue weighted by Crippen LogP contribution is -2.24. The quantitative estimate of drug-likeness (QED) is 0.494. The Kier molecular flexibility index (Phi) is 7.02. The number of hydrogen-bond donors (Lipinski definition) is 3. The largest absolute Gasteiger partial charge is 0.348 e. The van der Waals surface area contributed by atoms with E-state index in [1.165, 1.54) is 18.1 Å². The van der Waals surface area contributed by atoms with Crippen LogP contribution in [0.3, 0.4) is 0 Å². The van der Waals surface area contributed by atoms with E-state index in [4.69, 9.17) is 0 Å². The molecule has 0 fully saturated rings. The first-order valence-corrected chi connectivity index (χ1v) is 10.3. The summed E-state index contributed by atoms with van der Waals surface area (Å²) in [5.41, 5.74) is 3.27. The number of H-pyrrole nitrogens is 1. The minimum Gasteiger partial charge on any atom is -0.348 e. The number of amides is 2. The highest BCUT2D eigenvalue weighted by Gasteiger charge is 2.12. The van der Waals surface area contributed by atoms with Crippen LogP contribution in [0.25, 0.3) is 0 Å². The molecule has 1 aromatic heterocycles. The number of aromatic amines is 1. The zero-order valence-corrected chi connectivity index (χ0v) is 17.1. The van der Waals surface area contributed by atoms with Crippen LogP contribution in [-0.2, 0) is 17.1 Å². The van der Waals surface area contributed by atoms with Gasteiger partial charge in [0.25, 0.3) is 5.91 Å². The van der Waals surface area contributed by atoms with Crippen molar-refractivity contribution < 1.29 is 9.59 Å². The molecule has 0 atom stereocenters. The first-order valence-electron chi connectivity index (χ1n) is 9.27. The molecule has 0 saturated heterocycles. The molecule has 0 saturated carbocycles. The van der Waals surface area contributed by atoms with Gasteiger partial charge in [0.05, 0.1) is 0 Å². The van der Waals surface area contributed by atoms with E-state index >= 15 is 0 Å². The summed E-state index contributed by atoms with van der Waals surface area (Å²) in [6, 6.07) is 15.0. The molecule has 0 aliphatic heterocycles. The normalized spacial score (nSPS) is 10.7. The van der Waals surface area contributed by atoms with Gasteiger partial charge in [-0.05, 0) is 29.3 Å². The zero-order chi connectivity index (χ0) is 20.6. The molecule has 0 unspecified atom stereocenters. The number of thioether (sulfide) groups is 1. The minimum atomic E-state index is -0.129. The molecular weight excluding hydrogens is 386 g/mol. The third kappa shape index (κ3) is 5.92. The highest BCUT2D eigenvalue weighted by atomic mass is 32.2. The highest BCUT2D eigenvalue weighted by Crippen LogP contribution is 2.21. The Morgan fingerprint density at radius 3 is 2.55 bits per heavy atom. The molecule has 3 N–H and O–H groups in total. The van der Waals surface area contributed by atoms with Crippen molar-refractivity contribution in [3.63, 3.8) is 0 Å². The Balaban J connectivity index is 1.57. The van der Waals surface area contributed by atoms with Crippen LogP contribution in [0, 0.1) is 5.92 Å². The van der Waals surface area contributed by atoms with Crippen LogP contribution in [0.5, 0.6) is 0 Å². The predicted molar refractivity (Wildman–Crippen MR) is 113 cm³/mol. The summed E-state index contributed by atoms with van der Waals surface area (Å²) in [7, 11) is 0. The van der Waals surface area contributed by atoms with Crippen LogP contribution < -0.4 is 10.6 Å². The molecule has 0 radical (unpaired) electrons. The topological polar surface area (TPSA) is 99.8 Å². The van der Waals surface area contributed by atoms with Crippen LogP contribution in [0.15, 0.2) is 60.0 Å². The van der Waals surface area contributed by atoms with E-state index in [1.807, 2.05) is 62.4 Å². The number of aromatic nitrogens is 3. The first-order chi connectivity index (χ1) is 14.0. The fraction of sp³-hybridized carbons (Fsp3) is 0.238. The van der Waals surface area contributed by atoms with Crippen LogP contribution in [0.4, 0.5) is 5.69 Å². The van der Waals surface area contributed by atoms with Crippen molar-refractivity contribution in [1.29, 1.82) is 0 Å². The molecule has 2 amide bonds. The van der Waals surface area contributed by atoms with Crippen molar-refractivity contribution in [3.05, 3.63) is 71.5 Å². The number of nitrogens with zero attached hydrogens (tertiary/aromatic N) is 2. The summed E-state index contributed by atoms with van der Waals surface area (Å²) in [6.07, 6.45) is 1.46. The van der Waals surface area contributed by atoms with Crippen molar-refractivity contribution >= 4 is 29.3 Å². The fourth-order valence-corrected chi connectivity index (χ4v) is 3.33. The van der Waals surface area contributed by atoms with Crippen molar-refractivity contribution in [1.82, 2.24) is 20.5 Å². The summed E-state index contributed by atoms with van der Waals surface area (Å²) in [4.78, 5) is 28.5. The summed E-state index contributed by atoms with van der Waals surface area (Å²) < 4.78 is 0. The lowest BCUT2D eigenvalue weighted by atomic mass is 10.1. The van der Waals surface area contributed by atoms with Gasteiger partial charge in [-0.25, -0.2) is 4.98 Å². The van der Waals surface area contributed by atoms with E-state index in [9.17, 15) is 9.59 Å². The molecule has 150 valence electrons. The lowest BCUT2D eigenvalue weighted by Gasteiger charge is -2.11. The number of hydrogen-bond acceptors (Lipinski definition) is 5. The summed E-state index contributed by atoms with van der Waals surface area (Å²) in [5.74, 6) is 0.390. The van der Waals surface area contributed by atoms with E-state index in [2.05, 4.69) is 25.8 Å². The van der Waals surface area contributed by atoms with Crippen LogP contribution in [0.1, 0.15) is 35.3 Å². The summed E-state index contributed by atoms with van der Waals surface area (Å²) in [5, 5.41) is 13.1. The number of anilines is 1. The van der Waals surface area contributed by atoms with Crippen molar-refractivity contribution in [2.45, 2.75) is 31.3 Å². The number of nitrogens with one attached hydrogen (secondary N) is 3. The Labute approximate surface area is 173 Å². The molecule has 3 aromatic rings. The molecule has 29 heavy (non-hydrogen) atoms. The summed E-state index contributed by atoms with van der Waals surface area (Å²) >= 11 is 1.49. The Morgan fingerprint density at radius 2 is 1.86 bits per heavy atom. The van der Waals surface area contributed by atoms with Crippen LogP contribution in [0.2, 0.25) is 0 Å². The van der Waals surface area contributed by atoms with Crippen molar-refractivity contribution in [2.75, 3.05) is 5.32 Å². The molecule has 3 rings (SSSR count). The SMILES string of the molecule is CC(C)C(=O)Nc1ccc(CNC(=O)c2ccccc2CSc2ncn[nH]2)cc1. The zero-order valence-electron chi connectivity index (χ0n) is 16.3. The maximum atomic E-state index is 12.7. The number of benzene rings is 2. The van der Waals surface area contributed by atoms with Crippen LogP contribution in [-0.4, -0.2) is 27.0 Å². The van der Waals surface area contributed by atoms with Gasteiger partial charge in [0, 0.05) is 29.5 Å². The molecule has 0 aliphatic carbocycles. The van der Waals surface area contributed by atoms with Gasteiger partial charge in [-0.15, -0.1) is 0 Å². The fourth-order valence-electron chi connectivity index (χ4n) is 2.55. The smallest absolute Gasteiger partial charge is 0.251 e. The number of carbonyl (C=O) groups excluding carboxylic acids is 2. The van der Waals surface area contributed by atoms with E-state index in [1.54, 1.807) is 0 Å². The minimum absolute atomic E-state index is 0.0224. The maximum absolute atomic E-state index is 12.7. The maximum Gasteiger partial charge on any atom is 0.251 e. The lowest BCUT2D eigenvalue weighted by molar-refractivity contribution is -0.118. The molecule has 0 aliphatic rings. The second-order valence-electron chi connectivity index (χ2n) is 6.76. The van der Waals surface area contributed by atoms with Crippen LogP contribution >= 0.6 is 11.8 Å². The molecule has 1 heterocycles. The highest BCUT2D eigenvalue weighted by molar-refractivity contribution is 7.98. The molecule has 7 nitrogen and oxygen atoms in total. The van der Waals surface area contributed by atoms with Crippen molar-refractivity contribution in [2.24, 2.45) is 5.92 Å². The molecular formula is C21H23N5O2S. The van der Waals surface area contributed by atoms with Gasteiger partial charge >= 0.3 is 0 Å². The van der Waals surface area contributed by atoms with Gasteiger partial charge in [0.15, 0.2) is 5.16 Å². The van der Waals surface area contributed by atoms with Gasteiger partial charge in [-0.3, -0.25) is 14.7 Å². The van der Waals surface area contributed by atoms with Gasteiger partial charge in [0.1, 0.15) is 6.33 Å². The van der Waals surface area contributed by atoms with E-state index in [0.717, 1.165) is 16.8 Å². The van der Waals surface area contributed by atoms with E-state index < -0.39 is 0 Å². The molecule has 0 spiro atoms. The average Bonchev–Trinajstić information content (AvgIpc) is 3.25. The molecule has 8 heteroatoms. The monoisotopic (exact) mass is 409 g/mol. The van der Waals surface area contributed by atoms with E-state index in [-0.39, 0.29) is 17.7 Å². The third-order valence-corrected chi connectivity index (χ3v) is 5.14. The Morgan fingerprint density at radius 1 is 1.10 bits per heavy atom. The second-order valence-corrected chi connectivity index (χ2v) is 7.72. The Hall–Kier alpha value is -3.13. The van der Waals surface area contributed by atoms with Gasteiger partial charge in [-0.2, -0.15) is 5.10 Å². The number of rotatable bonds is 8. The average molecular weight is 410 g/mol. The molecule has 0 bridgehead atoms. The first kappa shape index (κ1) is 20.6. The summed E-state index contributed by atoms with van der Waals surface area (Å²) in [6.45, 7) is 4.10. The van der Waals surface area contributed by atoms with Gasteiger partial charge in [-0.1, -0.05) is 55.9 Å².